The van der Waals surface area contributed by atoms with E-state index in [1.54, 1.807) is 44.8 Å². The van der Waals surface area contributed by atoms with E-state index in [0.29, 0.717) is 54.5 Å². The molecule has 2 aliphatic carbocycles. The molecule has 0 amide bonds. The molecular weight excluding hydrogens is 588 g/mol. The molecule has 2 heterocycles. The van der Waals surface area contributed by atoms with E-state index in [1.807, 2.05) is 0 Å². The van der Waals surface area contributed by atoms with Crippen molar-refractivity contribution < 1.29 is 22.8 Å². The van der Waals surface area contributed by atoms with Crippen LogP contribution in [0.4, 0.5) is 8.78 Å². The number of ether oxygens (including phenoxy) is 1. The average Bonchev–Trinajstić information content (AvgIpc) is 3.95. The number of hydrogen-bond donors (Lipinski definition) is 2. The van der Waals surface area contributed by atoms with Crippen molar-refractivity contribution in [3.63, 3.8) is 0 Å². The Hall–Kier alpha value is -4.53. The first-order valence-electron chi connectivity index (χ1n) is 15.4. The topological polar surface area (TPSA) is 113 Å². The second-order valence-corrected chi connectivity index (χ2v) is 12.4. The molecule has 1 aliphatic heterocycles. The summed E-state index contributed by atoms with van der Waals surface area (Å²) in [5.74, 6) is -0.00271. The van der Waals surface area contributed by atoms with Gasteiger partial charge in [-0.1, -0.05) is 29.6 Å². The number of alkyl halides is 1. The number of aliphatic imine (C=N–C) groups is 2. The number of carbonyl (C=O) groups is 1. The molecule has 240 valence electrons. The summed E-state index contributed by atoms with van der Waals surface area (Å²) in [7, 11) is 3.38. The van der Waals surface area contributed by atoms with Crippen LogP contribution in [0, 0.1) is 17.1 Å². The van der Waals surface area contributed by atoms with E-state index in [9.17, 15) is 9.18 Å². The van der Waals surface area contributed by atoms with E-state index >= 15 is 4.39 Å². The lowest BCUT2D eigenvalue weighted by Crippen LogP contribution is -2.31. The highest BCUT2D eigenvalue weighted by Gasteiger charge is 2.59. The fraction of sp³-hybridized carbons (Fsp3) is 0.389. The molecule has 0 atom stereocenters. The Bertz CT molecular complexity index is 1740. The number of carbonyl (C=O) groups excluding carboxylic acids is 1. The molecule has 2 fully saturated rings. The van der Waals surface area contributed by atoms with Gasteiger partial charge in [0.25, 0.3) is 0 Å². The van der Waals surface area contributed by atoms with Crippen molar-refractivity contribution >= 4 is 29.5 Å². The molecule has 0 unspecified atom stereocenters. The van der Waals surface area contributed by atoms with E-state index in [2.05, 4.69) is 32.8 Å². The molecule has 0 saturated heterocycles. The number of aromatic nitrogens is 1. The predicted molar refractivity (Wildman–Crippen MR) is 176 cm³/mol. The monoisotopic (exact) mass is 627 g/mol. The minimum absolute atomic E-state index is 0.0165. The van der Waals surface area contributed by atoms with Crippen LogP contribution in [0.15, 0.2) is 85.9 Å². The SMILES string of the molecule is C=C(CCOC)/C(=C(\C=NC)NC1=C=CC=C(c2ccc(CC(=O)C(=N)c3cc(C4(C(C)(C)F)CC4)on3)c(F)c2)C=N1)C1CC1. The van der Waals surface area contributed by atoms with Crippen molar-refractivity contribution in [1.29, 1.82) is 5.41 Å². The molecule has 2 aromatic rings. The third-order valence-corrected chi connectivity index (χ3v) is 8.73. The molecule has 0 bridgehead atoms. The van der Waals surface area contributed by atoms with Gasteiger partial charge in [-0.15, -0.1) is 0 Å². The minimum Gasteiger partial charge on any atom is -0.384 e. The maximum atomic E-state index is 15.2. The molecule has 8 nitrogen and oxygen atoms in total. The number of ketones is 1. The van der Waals surface area contributed by atoms with Gasteiger partial charge in [0.15, 0.2) is 11.6 Å². The Morgan fingerprint density at radius 3 is 2.72 bits per heavy atom. The maximum absolute atomic E-state index is 15.2. The summed E-state index contributed by atoms with van der Waals surface area (Å²) in [5.41, 5.74) is 4.70. The zero-order valence-electron chi connectivity index (χ0n) is 26.7. The van der Waals surface area contributed by atoms with Gasteiger partial charge >= 0.3 is 0 Å². The zero-order chi connectivity index (χ0) is 33.1. The summed E-state index contributed by atoms with van der Waals surface area (Å²) < 4.78 is 40.6. The Labute approximate surface area is 267 Å². The van der Waals surface area contributed by atoms with Crippen molar-refractivity contribution in [3.8, 4) is 0 Å². The first-order chi connectivity index (χ1) is 22.0. The van der Waals surface area contributed by atoms with E-state index in [0.717, 1.165) is 29.7 Å². The Morgan fingerprint density at radius 1 is 1.33 bits per heavy atom. The molecule has 0 radical (unpaired) electrons. The molecule has 1 aromatic heterocycles. The van der Waals surface area contributed by atoms with Crippen molar-refractivity contribution in [1.82, 2.24) is 10.5 Å². The number of methoxy groups -OCH3 is 1. The summed E-state index contributed by atoms with van der Waals surface area (Å²) >= 11 is 0. The standard InChI is InChI=1S/C36H39F2N5O3/c1-22(13-16-45-5)33(23-9-10-23)29(21-40-4)42-32-8-6-7-26(20-41-32)24-11-12-25(27(37)17-24)18-30(44)34(39)28-19-31(46-43-28)36(14-15-36)35(2,3)38/h6-7,11-12,17,19-21,23,39,42H,1,9-10,13-16,18H2,2-5H3/b33-29-,39-34?,40-21?. The lowest BCUT2D eigenvalue weighted by molar-refractivity contribution is -0.112. The summed E-state index contributed by atoms with van der Waals surface area (Å²) in [6.45, 7) is 7.83. The number of allylic oxidation sites excluding steroid dienone is 5. The number of hydrogen-bond acceptors (Lipinski definition) is 8. The van der Waals surface area contributed by atoms with Crippen LogP contribution in [-0.2, 0) is 21.4 Å². The van der Waals surface area contributed by atoms with Gasteiger partial charge in [0.05, 0.1) is 17.7 Å². The molecule has 2 N–H and O–H groups in total. The van der Waals surface area contributed by atoms with E-state index in [-0.39, 0.29) is 17.7 Å². The third kappa shape index (κ3) is 7.14. The highest BCUT2D eigenvalue weighted by Crippen LogP contribution is 2.57. The Balaban J connectivity index is 1.25. The molecule has 5 rings (SSSR count). The molecule has 1 aromatic carbocycles. The van der Waals surface area contributed by atoms with E-state index < -0.39 is 28.4 Å². The second-order valence-electron chi connectivity index (χ2n) is 12.4. The van der Waals surface area contributed by atoms with Crippen molar-refractivity contribution in [2.24, 2.45) is 15.9 Å². The van der Waals surface area contributed by atoms with Gasteiger partial charge in [-0.05, 0) is 92.4 Å². The third-order valence-electron chi connectivity index (χ3n) is 8.73. The smallest absolute Gasteiger partial charge is 0.187 e. The van der Waals surface area contributed by atoms with Gasteiger partial charge in [-0.3, -0.25) is 15.2 Å². The van der Waals surface area contributed by atoms with Crippen LogP contribution in [-0.4, -0.2) is 55.5 Å². The Morgan fingerprint density at radius 2 is 2.09 bits per heavy atom. The van der Waals surface area contributed by atoms with Gasteiger partial charge in [0, 0.05) is 44.6 Å². The summed E-state index contributed by atoms with van der Waals surface area (Å²) in [4.78, 5) is 21.7. The van der Waals surface area contributed by atoms with Crippen LogP contribution < -0.4 is 5.32 Å². The molecule has 10 heteroatoms. The number of rotatable bonds is 15. The van der Waals surface area contributed by atoms with Crippen LogP contribution in [0.5, 0.6) is 0 Å². The van der Waals surface area contributed by atoms with E-state index in [1.165, 1.54) is 32.0 Å². The summed E-state index contributed by atoms with van der Waals surface area (Å²) in [6, 6.07) is 6.02. The molecule has 0 spiro atoms. The van der Waals surface area contributed by atoms with Crippen LogP contribution in [0.2, 0.25) is 0 Å². The number of halogens is 2. The number of nitrogens with one attached hydrogen (secondary N) is 2. The summed E-state index contributed by atoms with van der Waals surface area (Å²) in [5, 5.41) is 15.5. The number of nitrogens with zero attached hydrogens (tertiary/aromatic N) is 3. The molecular formula is C36H39F2N5O3. The van der Waals surface area contributed by atoms with Crippen LogP contribution >= 0.6 is 0 Å². The van der Waals surface area contributed by atoms with Crippen molar-refractivity contribution in [2.45, 2.75) is 63.5 Å². The Kier molecular flexibility index (Phi) is 9.60. The van der Waals surface area contributed by atoms with Gasteiger partial charge < -0.3 is 14.6 Å². The van der Waals surface area contributed by atoms with Crippen LogP contribution in [0.1, 0.15) is 68.5 Å². The number of Topliss-reactive ketones (excluding diaryl/α,β-unsaturated/α-hetero) is 1. The lowest BCUT2D eigenvalue weighted by Gasteiger charge is -2.23. The van der Waals surface area contributed by atoms with E-state index in [4.69, 9.17) is 14.7 Å². The summed E-state index contributed by atoms with van der Waals surface area (Å²) in [6.07, 6.45) is 10.6. The van der Waals surface area contributed by atoms with Gasteiger partial charge in [0.1, 0.15) is 28.7 Å². The highest BCUT2D eigenvalue weighted by molar-refractivity contribution is 6.44. The van der Waals surface area contributed by atoms with Crippen LogP contribution in [0.3, 0.4) is 0 Å². The largest absolute Gasteiger partial charge is 0.384 e. The first-order valence-corrected chi connectivity index (χ1v) is 15.4. The van der Waals surface area contributed by atoms with Gasteiger partial charge in [-0.2, -0.15) is 0 Å². The first kappa shape index (κ1) is 32.9. The van der Waals surface area contributed by atoms with Crippen molar-refractivity contribution in [2.75, 3.05) is 20.8 Å². The maximum Gasteiger partial charge on any atom is 0.187 e. The molecule has 46 heavy (non-hydrogen) atoms. The highest BCUT2D eigenvalue weighted by atomic mass is 19.1. The minimum atomic E-state index is -1.52. The number of benzene rings is 1. The average molecular weight is 628 g/mol. The quantitative estimate of drug-likeness (QED) is 0.128. The van der Waals surface area contributed by atoms with Crippen LogP contribution in [0.25, 0.3) is 5.57 Å². The fourth-order valence-electron chi connectivity index (χ4n) is 5.67. The normalized spacial score (nSPS) is 17.7. The molecule has 3 aliphatic rings. The zero-order valence-corrected chi connectivity index (χ0v) is 26.7. The predicted octanol–water partition coefficient (Wildman–Crippen LogP) is 6.78. The molecule has 2 saturated carbocycles. The van der Waals surface area contributed by atoms with Gasteiger partial charge in [0.2, 0.25) is 0 Å². The van der Waals surface area contributed by atoms with Crippen molar-refractivity contribution in [3.05, 3.63) is 99.8 Å². The van der Waals surface area contributed by atoms with Gasteiger partial charge in [-0.25, -0.2) is 13.8 Å². The second kappa shape index (κ2) is 13.4. The fourth-order valence-corrected chi connectivity index (χ4v) is 5.67. The lowest BCUT2D eigenvalue weighted by atomic mass is 9.86.